The van der Waals surface area contributed by atoms with Crippen LogP contribution in [-0.2, 0) is 11.2 Å². The van der Waals surface area contributed by atoms with Crippen molar-refractivity contribution in [1.82, 2.24) is 0 Å². The third kappa shape index (κ3) is 2.76. The lowest BCUT2D eigenvalue weighted by Crippen LogP contribution is -3.11. The molecule has 2 aliphatic heterocycles. The predicted octanol–water partition coefficient (Wildman–Crippen LogP) is 1.48. The van der Waals surface area contributed by atoms with Crippen LogP contribution in [0.3, 0.4) is 0 Å². The summed E-state index contributed by atoms with van der Waals surface area (Å²) in [5.41, 5.74) is 3.88. The molecule has 2 N–H and O–H groups in total. The molecule has 0 bridgehead atoms. The number of anilines is 1. The number of methoxy groups -OCH3 is 1. The zero-order valence-electron chi connectivity index (χ0n) is 15.2. The molecule has 2 atom stereocenters. The summed E-state index contributed by atoms with van der Waals surface area (Å²) >= 11 is 0. The molecule has 6 nitrogen and oxygen atoms in total. The van der Waals surface area contributed by atoms with Gasteiger partial charge in [0.1, 0.15) is 0 Å². The smallest absolute Gasteiger partial charge is 0.287 e. The molecule has 2 aliphatic rings. The molecule has 2 heterocycles. The molecule has 2 aromatic carbocycles. The van der Waals surface area contributed by atoms with Crippen LogP contribution in [0.5, 0.6) is 17.2 Å². The third-order valence-electron chi connectivity index (χ3n) is 5.07. The first kappa shape index (κ1) is 16.7. The van der Waals surface area contributed by atoms with Crippen molar-refractivity contribution in [1.29, 1.82) is 0 Å². The number of fused-ring (bicyclic) bond motifs is 2. The van der Waals surface area contributed by atoms with Crippen molar-refractivity contribution < 1.29 is 23.9 Å². The molecule has 2 aromatic rings. The van der Waals surface area contributed by atoms with E-state index >= 15 is 0 Å². The van der Waals surface area contributed by atoms with Gasteiger partial charge in [0.05, 0.1) is 26.3 Å². The fourth-order valence-electron chi connectivity index (χ4n) is 3.82. The zero-order chi connectivity index (χ0) is 18.3. The molecule has 0 spiro atoms. The average molecular weight is 355 g/mol. The number of quaternary nitrogens is 1. The molecule has 0 radical (unpaired) electrons. The van der Waals surface area contributed by atoms with Crippen LogP contribution < -0.4 is 24.4 Å². The molecule has 26 heavy (non-hydrogen) atoms. The molecule has 0 saturated heterocycles. The van der Waals surface area contributed by atoms with Crippen molar-refractivity contribution in [2.45, 2.75) is 19.4 Å². The monoisotopic (exact) mass is 355 g/mol. The van der Waals surface area contributed by atoms with Crippen molar-refractivity contribution in [3.63, 3.8) is 0 Å². The summed E-state index contributed by atoms with van der Waals surface area (Å²) < 4.78 is 16.8. The normalized spacial score (nSPS) is 20.4. The lowest BCUT2D eigenvalue weighted by Gasteiger charge is -2.32. The fraction of sp³-hybridized carbons (Fsp3) is 0.350. The van der Waals surface area contributed by atoms with Gasteiger partial charge in [-0.15, -0.1) is 0 Å². The maximum absolute atomic E-state index is 13.2. The third-order valence-corrected chi connectivity index (χ3v) is 5.07. The lowest BCUT2D eigenvalue weighted by molar-refractivity contribution is -0.904. The van der Waals surface area contributed by atoms with Crippen LogP contribution >= 0.6 is 0 Å². The summed E-state index contributed by atoms with van der Waals surface area (Å²) in [5, 5.41) is 3.06. The summed E-state index contributed by atoms with van der Waals surface area (Å²) in [7, 11) is 3.64. The molecule has 1 amide bonds. The zero-order valence-corrected chi connectivity index (χ0v) is 15.2. The van der Waals surface area contributed by atoms with E-state index in [4.69, 9.17) is 14.2 Å². The van der Waals surface area contributed by atoms with Crippen LogP contribution in [0.25, 0.3) is 0 Å². The number of nitrogens with one attached hydrogen (secondary N) is 2. The second-order valence-corrected chi connectivity index (χ2v) is 6.85. The minimum atomic E-state index is -0.372. The van der Waals surface area contributed by atoms with E-state index < -0.39 is 0 Å². The molecule has 6 heteroatoms. The van der Waals surface area contributed by atoms with Crippen LogP contribution in [0, 0.1) is 6.92 Å². The van der Waals surface area contributed by atoms with E-state index in [0.29, 0.717) is 17.2 Å². The summed E-state index contributed by atoms with van der Waals surface area (Å²) in [6.07, 6.45) is 0.863. The molecule has 136 valence electrons. The Hall–Kier alpha value is -2.73. The van der Waals surface area contributed by atoms with Crippen LogP contribution in [0.1, 0.15) is 22.7 Å². The van der Waals surface area contributed by atoms with Gasteiger partial charge in [-0.2, -0.15) is 0 Å². The summed E-state index contributed by atoms with van der Waals surface area (Å²) in [4.78, 5) is 14.3. The van der Waals surface area contributed by atoms with Gasteiger partial charge < -0.3 is 24.4 Å². The highest BCUT2D eigenvalue weighted by atomic mass is 16.7. The number of benzene rings is 2. The number of hydrogen-bond acceptors (Lipinski definition) is 4. The van der Waals surface area contributed by atoms with Gasteiger partial charge in [0.25, 0.3) is 5.91 Å². The number of ether oxygens (including phenoxy) is 3. The first-order valence-electron chi connectivity index (χ1n) is 8.77. The lowest BCUT2D eigenvalue weighted by atomic mass is 9.90. The number of amides is 1. The van der Waals surface area contributed by atoms with E-state index in [0.717, 1.165) is 40.2 Å². The van der Waals surface area contributed by atoms with Gasteiger partial charge in [0, 0.05) is 12.1 Å². The van der Waals surface area contributed by atoms with Gasteiger partial charge in [-0.1, -0.05) is 12.1 Å². The number of carbonyl (C=O) groups is 1. The minimum Gasteiger partial charge on any atom is -0.492 e. The van der Waals surface area contributed by atoms with Crippen molar-refractivity contribution in [3.05, 3.63) is 47.0 Å². The highest BCUT2D eigenvalue weighted by molar-refractivity contribution is 5.95. The first-order valence-corrected chi connectivity index (χ1v) is 8.77. The minimum absolute atomic E-state index is 0.0498. The summed E-state index contributed by atoms with van der Waals surface area (Å²) in [5.74, 6) is 1.84. The Morgan fingerprint density at radius 1 is 1.31 bits per heavy atom. The van der Waals surface area contributed by atoms with Gasteiger partial charge >= 0.3 is 0 Å². The van der Waals surface area contributed by atoms with Gasteiger partial charge in [0.2, 0.25) is 12.5 Å². The average Bonchev–Trinajstić information content (AvgIpc) is 3.07. The van der Waals surface area contributed by atoms with E-state index in [-0.39, 0.29) is 18.7 Å². The van der Waals surface area contributed by atoms with Crippen molar-refractivity contribution in [2.24, 2.45) is 0 Å². The molecule has 0 saturated carbocycles. The Morgan fingerprint density at radius 3 is 2.92 bits per heavy atom. The topological polar surface area (TPSA) is 61.2 Å². The van der Waals surface area contributed by atoms with Crippen molar-refractivity contribution >= 4 is 11.6 Å². The number of hydrogen-bond donors (Lipinski definition) is 2. The van der Waals surface area contributed by atoms with Gasteiger partial charge in [-0.25, -0.2) is 0 Å². The molecule has 0 fully saturated rings. The summed E-state index contributed by atoms with van der Waals surface area (Å²) in [6.45, 7) is 3.05. The van der Waals surface area contributed by atoms with Gasteiger partial charge in [-0.05, 0) is 36.2 Å². The van der Waals surface area contributed by atoms with Crippen molar-refractivity contribution in [3.8, 4) is 17.2 Å². The van der Waals surface area contributed by atoms with E-state index in [1.165, 1.54) is 0 Å². The second kappa shape index (κ2) is 6.53. The van der Waals surface area contributed by atoms with Crippen LogP contribution in [0.2, 0.25) is 0 Å². The molecular weight excluding hydrogens is 332 g/mol. The number of likely N-dealkylation sites (N-methyl/N-ethyl adjacent to an activating group) is 1. The Balaban J connectivity index is 1.75. The van der Waals surface area contributed by atoms with Gasteiger partial charge in [0.15, 0.2) is 17.5 Å². The SMILES string of the molecule is COc1c2c(cc3c1[C@H](C(=O)Nc1cccc(C)c1)[NH+](C)CC3)OCO2. The van der Waals surface area contributed by atoms with E-state index in [1.807, 2.05) is 44.3 Å². The van der Waals surface area contributed by atoms with Gasteiger partial charge in [-0.3, -0.25) is 4.79 Å². The number of aryl methyl sites for hydroxylation is 1. The second-order valence-electron chi connectivity index (χ2n) is 6.85. The molecular formula is C20H23N2O4+. The Bertz CT molecular complexity index is 865. The number of rotatable bonds is 3. The first-order chi connectivity index (χ1) is 12.6. The van der Waals surface area contributed by atoms with E-state index in [1.54, 1.807) is 7.11 Å². The van der Waals surface area contributed by atoms with Crippen LogP contribution in [0.4, 0.5) is 5.69 Å². The summed E-state index contributed by atoms with van der Waals surface area (Å²) in [6, 6.07) is 9.43. The quantitative estimate of drug-likeness (QED) is 0.876. The Kier molecular flexibility index (Phi) is 4.20. The maximum Gasteiger partial charge on any atom is 0.287 e. The maximum atomic E-state index is 13.2. The van der Waals surface area contributed by atoms with Crippen LogP contribution in [0.15, 0.2) is 30.3 Å². The highest BCUT2D eigenvalue weighted by Crippen LogP contribution is 2.47. The van der Waals surface area contributed by atoms with E-state index in [2.05, 4.69) is 5.32 Å². The standard InChI is InChI=1S/C20H22N2O4/c1-12-5-4-6-14(9-12)21-20(23)17-16-13(7-8-22(17)2)10-15-18(19(16)24-3)26-11-25-15/h4-6,9-10,17H,7-8,11H2,1-3H3,(H,21,23)/p+1/t17-/m1/s1. The molecule has 1 unspecified atom stereocenters. The molecule has 0 aliphatic carbocycles. The van der Waals surface area contributed by atoms with E-state index in [9.17, 15) is 4.79 Å². The molecule has 0 aromatic heterocycles. The van der Waals surface area contributed by atoms with Crippen LogP contribution in [-0.4, -0.2) is 33.4 Å². The molecule has 4 rings (SSSR count). The predicted molar refractivity (Wildman–Crippen MR) is 97.1 cm³/mol. The highest BCUT2D eigenvalue weighted by Gasteiger charge is 2.40. The fourth-order valence-corrected chi connectivity index (χ4v) is 3.82. The number of carbonyl (C=O) groups excluding carboxylic acids is 1. The van der Waals surface area contributed by atoms with Crippen molar-refractivity contribution in [2.75, 3.05) is 32.8 Å². The Labute approximate surface area is 152 Å². The Morgan fingerprint density at radius 2 is 2.15 bits per heavy atom. The largest absolute Gasteiger partial charge is 0.492 e.